The standard InChI is InChI=1S/C36H32F5N7O2S/c1-4-30(49)43-19(2)25-16-27(46-45-25)34-32(35-23(9-12-51-35)33(44-34)20-5-6-28-26(13-20)42-18-47(28)3)31-24(38)14-21(37)15-29(31)50-22-7-10-48(11-8-22)17-36(39,40)41/h4-6,9,12-16,18-19,22H,1,7-8,10-11,17H2,2-3H3,(H,43,49)(H,45,46)/t19-/m1/s1. The number of thiophene rings is 1. The highest BCUT2D eigenvalue weighted by molar-refractivity contribution is 7.18. The fraction of sp³-hybridized carbons (Fsp3) is 0.278. The molecule has 2 N–H and O–H groups in total. The number of aromatic amines is 1. The van der Waals surface area contributed by atoms with E-state index in [0.717, 1.165) is 34.8 Å². The number of nitrogens with zero attached hydrogens (tertiary/aromatic N) is 5. The van der Waals surface area contributed by atoms with Crippen molar-refractivity contribution in [3.63, 3.8) is 0 Å². The number of nitrogens with one attached hydrogen (secondary N) is 2. The average Bonchev–Trinajstić information content (AvgIpc) is 3.85. The molecule has 0 radical (unpaired) electrons. The number of alkyl halides is 3. The van der Waals surface area contributed by atoms with Gasteiger partial charge in [0.15, 0.2) is 0 Å². The summed E-state index contributed by atoms with van der Waals surface area (Å²) in [6.45, 7) is 4.45. The van der Waals surface area contributed by atoms with Gasteiger partial charge in [0.2, 0.25) is 5.91 Å². The summed E-state index contributed by atoms with van der Waals surface area (Å²) in [6, 6.07) is 10.7. The Morgan fingerprint density at radius 2 is 1.92 bits per heavy atom. The second kappa shape index (κ2) is 13.5. The number of carbonyl (C=O) groups is 1. The molecule has 0 unspecified atom stereocenters. The Hall–Kier alpha value is -5.15. The molecule has 6 aromatic rings. The van der Waals surface area contributed by atoms with Crippen molar-refractivity contribution in [2.45, 2.75) is 38.1 Å². The first-order valence-corrected chi connectivity index (χ1v) is 17.0. The van der Waals surface area contributed by atoms with E-state index in [4.69, 9.17) is 9.72 Å². The first-order chi connectivity index (χ1) is 24.4. The van der Waals surface area contributed by atoms with E-state index in [1.807, 2.05) is 41.3 Å². The van der Waals surface area contributed by atoms with E-state index in [1.165, 1.54) is 16.2 Å². The molecule has 1 aliphatic rings. The Bertz CT molecular complexity index is 2270. The number of hydrogen-bond donors (Lipinski definition) is 2. The molecule has 264 valence electrons. The Balaban J connectivity index is 1.38. The number of aryl methyl sites for hydroxylation is 1. The summed E-state index contributed by atoms with van der Waals surface area (Å²) in [7, 11) is 1.90. The zero-order valence-electron chi connectivity index (χ0n) is 27.5. The van der Waals surface area contributed by atoms with E-state index in [0.29, 0.717) is 32.7 Å². The lowest BCUT2D eigenvalue weighted by Gasteiger charge is -2.33. The number of H-pyrrole nitrogens is 1. The highest BCUT2D eigenvalue weighted by Gasteiger charge is 2.34. The number of ether oxygens (including phenoxy) is 1. The van der Waals surface area contributed by atoms with Crippen LogP contribution in [0.2, 0.25) is 0 Å². The van der Waals surface area contributed by atoms with Gasteiger partial charge < -0.3 is 14.6 Å². The van der Waals surface area contributed by atoms with Crippen LogP contribution >= 0.6 is 11.3 Å². The third-order valence-corrected chi connectivity index (χ3v) is 9.89. The molecule has 5 heterocycles. The van der Waals surface area contributed by atoms with E-state index in [2.05, 4.69) is 27.1 Å². The number of hydrogen-bond acceptors (Lipinski definition) is 7. The summed E-state index contributed by atoms with van der Waals surface area (Å²) in [6.07, 6.45) is -1.58. The van der Waals surface area contributed by atoms with Gasteiger partial charge in [0.25, 0.3) is 0 Å². The summed E-state index contributed by atoms with van der Waals surface area (Å²) in [5.41, 5.74) is 4.39. The van der Waals surface area contributed by atoms with Crippen LogP contribution in [0.25, 0.3) is 54.9 Å². The molecule has 4 aromatic heterocycles. The van der Waals surface area contributed by atoms with Crippen molar-refractivity contribution in [1.29, 1.82) is 0 Å². The molecule has 0 spiro atoms. The van der Waals surface area contributed by atoms with Crippen molar-refractivity contribution >= 4 is 38.4 Å². The quantitative estimate of drug-likeness (QED) is 0.116. The second-order valence-electron chi connectivity index (χ2n) is 12.5. The van der Waals surface area contributed by atoms with Gasteiger partial charge in [0, 0.05) is 53.5 Å². The zero-order valence-corrected chi connectivity index (χ0v) is 28.3. The predicted octanol–water partition coefficient (Wildman–Crippen LogP) is 7.95. The van der Waals surface area contributed by atoms with E-state index in [1.54, 1.807) is 19.3 Å². The van der Waals surface area contributed by atoms with Crippen molar-refractivity contribution in [1.82, 2.24) is 34.9 Å². The van der Waals surface area contributed by atoms with Crippen LogP contribution in [0.15, 0.2) is 66.8 Å². The number of aromatic nitrogens is 5. The largest absolute Gasteiger partial charge is 0.489 e. The molecular weight excluding hydrogens is 690 g/mol. The van der Waals surface area contributed by atoms with Crippen LogP contribution in [0.3, 0.4) is 0 Å². The first kappa shape index (κ1) is 34.3. The maximum atomic E-state index is 16.3. The van der Waals surface area contributed by atoms with Gasteiger partial charge in [-0.2, -0.15) is 18.3 Å². The molecule has 9 nitrogen and oxygen atoms in total. The van der Waals surface area contributed by atoms with Gasteiger partial charge in [-0.05, 0) is 55.5 Å². The molecule has 51 heavy (non-hydrogen) atoms. The normalized spacial score (nSPS) is 15.0. The Labute approximate surface area is 292 Å². The van der Waals surface area contributed by atoms with Crippen molar-refractivity contribution in [2.24, 2.45) is 7.05 Å². The Morgan fingerprint density at radius 3 is 2.67 bits per heavy atom. The SMILES string of the molecule is C=CC(=O)N[C@H](C)c1cc(-c2nc(-c3ccc4c(c3)ncn4C)c3ccsc3c2-c2c(F)cc(F)cc2OC2CCN(CC(F)(F)F)CC2)n[nH]1. The molecule has 0 bridgehead atoms. The monoisotopic (exact) mass is 721 g/mol. The van der Waals surface area contributed by atoms with Crippen LogP contribution in [-0.4, -0.2) is 67.5 Å². The van der Waals surface area contributed by atoms with Crippen molar-refractivity contribution in [3.05, 3.63) is 84.2 Å². The van der Waals surface area contributed by atoms with Crippen molar-refractivity contribution < 1.29 is 31.5 Å². The smallest absolute Gasteiger partial charge is 0.401 e. The minimum absolute atomic E-state index is 0.0478. The minimum Gasteiger partial charge on any atom is -0.489 e. The zero-order chi connectivity index (χ0) is 36.0. The second-order valence-corrected chi connectivity index (χ2v) is 13.4. The Morgan fingerprint density at radius 1 is 1.14 bits per heavy atom. The van der Waals surface area contributed by atoms with E-state index in [-0.39, 0.29) is 48.8 Å². The molecule has 1 saturated heterocycles. The predicted molar refractivity (Wildman–Crippen MR) is 185 cm³/mol. The number of halogens is 5. The van der Waals surface area contributed by atoms with Crippen LogP contribution in [0, 0.1) is 11.6 Å². The molecule has 1 fully saturated rings. The lowest BCUT2D eigenvalue weighted by atomic mass is 9.96. The minimum atomic E-state index is -4.33. The highest BCUT2D eigenvalue weighted by atomic mass is 32.1. The van der Waals surface area contributed by atoms with E-state index >= 15 is 4.39 Å². The summed E-state index contributed by atoms with van der Waals surface area (Å²) in [4.78, 5) is 22.9. The number of benzene rings is 2. The topological polar surface area (TPSA) is 101 Å². The maximum Gasteiger partial charge on any atom is 0.401 e. The maximum absolute atomic E-state index is 16.3. The summed E-state index contributed by atoms with van der Waals surface area (Å²) < 4.78 is 79.0. The van der Waals surface area contributed by atoms with Gasteiger partial charge in [-0.1, -0.05) is 12.6 Å². The number of piperidine rings is 1. The van der Waals surface area contributed by atoms with Gasteiger partial charge in [-0.3, -0.25) is 14.8 Å². The molecule has 1 amide bonds. The number of likely N-dealkylation sites (tertiary alicyclic amines) is 1. The lowest BCUT2D eigenvalue weighted by Crippen LogP contribution is -2.42. The number of amides is 1. The molecule has 7 rings (SSSR count). The molecule has 1 aliphatic heterocycles. The fourth-order valence-electron chi connectivity index (χ4n) is 6.48. The van der Waals surface area contributed by atoms with Gasteiger partial charge in [0.1, 0.15) is 34.9 Å². The third-order valence-electron chi connectivity index (χ3n) is 8.96. The molecule has 0 aliphatic carbocycles. The van der Waals surface area contributed by atoms with Gasteiger partial charge in [-0.15, -0.1) is 11.3 Å². The van der Waals surface area contributed by atoms with E-state index < -0.39 is 36.5 Å². The Kier molecular flexibility index (Phi) is 9.10. The van der Waals surface area contributed by atoms with Crippen LogP contribution in [0.5, 0.6) is 5.75 Å². The summed E-state index contributed by atoms with van der Waals surface area (Å²) in [5.74, 6) is -2.25. The van der Waals surface area contributed by atoms with Crippen molar-refractivity contribution in [3.8, 4) is 39.5 Å². The molecule has 2 aromatic carbocycles. The van der Waals surface area contributed by atoms with Crippen LogP contribution in [0.4, 0.5) is 22.0 Å². The molecule has 1 atom stereocenters. The van der Waals surface area contributed by atoms with Crippen LogP contribution < -0.4 is 10.1 Å². The molecular formula is C36H32F5N7O2S. The van der Waals surface area contributed by atoms with Crippen molar-refractivity contribution in [2.75, 3.05) is 19.6 Å². The number of rotatable bonds is 9. The first-order valence-electron chi connectivity index (χ1n) is 16.1. The molecule has 0 saturated carbocycles. The van der Waals surface area contributed by atoms with E-state index in [9.17, 15) is 22.4 Å². The number of imidazole rings is 1. The molecule has 15 heteroatoms. The van der Waals surface area contributed by atoms with Gasteiger partial charge in [0.05, 0.1) is 46.9 Å². The highest BCUT2D eigenvalue weighted by Crippen LogP contribution is 2.47. The van der Waals surface area contributed by atoms with Crippen LogP contribution in [0.1, 0.15) is 31.5 Å². The number of pyridine rings is 1. The summed E-state index contributed by atoms with van der Waals surface area (Å²) >= 11 is 1.34. The lowest BCUT2D eigenvalue weighted by molar-refractivity contribution is -0.149. The fourth-order valence-corrected chi connectivity index (χ4v) is 7.43. The van der Waals surface area contributed by atoms with Gasteiger partial charge >= 0.3 is 6.18 Å². The number of carbonyl (C=O) groups excluding carboxylic acids is 1. The van der Waals surface area contributed by atoms with Gasteiger partial charge in [-0.25, -0.2) is 18.7 Å². The number of fused-ring (bicyclic) bond motifs is 2. The average molecular weight is 722 g/mol. The summed E-state index contributed by atoms with van der Waals surface area (Å²) in [5, 5.41) is 12.8. The van der Waals surface area contributed by atoms with Crippen LogP contribution in [-0.2, 0) is 11.8 Å². The third kappa shape index (κ3) is 6.95.